The molecule has 2 rings (SSSR count). The van der Waals surface area contributed by atoms with Crippen LogP contribution in [0.1, 0.15) is 25.0 Å². The van der Waals surface area contributed by atoms with Gasteiger partial charge in [0.05, 0.1) is 9.85 Å². The lowest BCUT2D eigenvalue weighted by Crippen LogP contribution is -2.52. The van der Waals surface area contributed by atoms with Gasteiger partial charge in [0.1, 0.15) is 0 Å². The molecule has 0 N–H and O–H groups in total. The molecule has 0 heterocycles. The minimum Gasteiger partial charge on any atom is -0.418 e. The Kier molecular flexibility index (Phi) is 7.86. The van der Waals surface area contributed by atoms with Gasteiger partial charge in [-0.1, -0.05) is 24.3 Å². The summed E-state index contributed by atoms with van der Waals surface area (Å²) in [5, 5.41) is 21.4. The summed E-state index contributed by atoms with van der Waals surface area (Å²) in [7, 11) is 0. The van der Waals surface area contributed by atoms with Gasteiger partial charge in [-0.2, -0.15) is 26.3 Å². The Morgan fingerprint density at radius 3 is 1.19 bits per heavy atom. The van der Waals surface area contributed by atoms with Gasteiger partial charge in [0.25, 0.3) is 11.4 Å². The van der Waals surface area contributed by atoms with Crippen LogP contribution in [0.3, 0.4) is 0 Å². The molecule has 0 bridgehead atoms. The molecule has 0 fully saturated rings. The number of halogens is 6. The minimum atomic E-state index is -5.26. The van der Waals surface area contributed by atoms with Crippen LogP contribution in [0.2, 0.25) is 0 Å². The molecule has 0 saturated heterocycles. The first kappa shape index (κ1) is 28.3. The standard InChI is InChI=1S/C21H18F6N2O7/c1-18(20(22,23)24,11-13-3-7-15(8-4-13)28(31)32)35-17(30)36-19(2,21(25,26)27)12-14-5-9-16(10-6-14)29(33)34/h3-10H,11-12H2,1-2H3. The molecule has 0 aliphatic heterocycles. The average molecular weight is 524 g/mol. The molecule has 2 atom stereocenters. The summed E-state index contributed by atoms with van der Waals surface area (Å²) in [5.41, 5.74) is -7.84. The Morgan fingerprint density at radius 2 is 0.972 bits per heavy atom. The summed E-state index contributed by atoms with van der Waals surface area (Å²) in [6.45, 7) is 0.827. The third kappa shape index (κ3) is 6.60. The zero-order chi connectivity index (χ0) is 27.5. The fraction of sp³-hybridized carbons (Fsp3) is 0.381. The number of nitro benzene ring substituents is 2. The molecule has 9 nitrogen and oxygen atoms in total. The molecule has 0 aliphatic carbocycles. The average Bonchev–Trinajstić information content (AvgIpc) is 2.72. The van der Waals surface area contributed by atoms with Crippen LogP contribution in [-0.4, -0.2) is 39.6 Å². The van der Waals surface area contributed by atoms with Crippen molar-refractivity contribution in [2.75, 3.05) is 0 Å². The molecule has 0 aromatic heterocycles. The minimum absolute atomic E-state index is 0.155. The predicted octanol–water partition coefficient (Wildman–Crippen LogP) is 6.08. The van der Waals surface area contributed by atoms with E-state index in [0.29, 0.717) is 13.8 Å². The summed E-state index contributed by atoms with van der Waals surface area (Å²) in [6.07, 6.45) is -14.9. The fourth-order valence-corrected chi connectivity index (χ4v) is 3.03. The molecule has 2 unspecified atom stereocenters. The van der Waals surface area contributed by atoms with Crippen molar-refractivity contribution in [3.8, 4) is 0 Å². The van der Waals surface area contributed by atoms with Crippen molar-refractivity contribution < 1.29 is 50.5 Å². The first-order chi connectivity index (χ1) is 16.4. The molecule has 2 aromatic rings. The number of nitro groups is 2. The molecule has 0 aliphatic rings. The highest BCUT2D eigenvalue weighted by Gasteiger charge is 2.58. The number of benzene rings is 2. The lowest BCUT2D eigenvalue weighted by molar-refractivity contribution is -0.385. The van der Waals surface area contributed by atoms with Gasteiger partial charge in [-0.25, -0.2) is 4.79 Å². The lowest BCUT2D eigenvalue weighted by atomic mass is 9.95. The van der Waals surface area contributed by atoms with E-state index in [9.17, 15) is 51.4 Å². The number of alkyl halides is 6. The molecule has 15 heteroatoms. The van der Waals surface area contributed by atoms with Crippen LogP contribution in [0.15, 0.2) is 48.5 Å². The van der Waals surface area contributed by atoms with E-state index in [0.717, 1.165) is 48.5 Å². The zero-order valence-electron chi connectivity index (χ0n) is 18.6. The van der Waals surface area contributed by atoms with E-state index in [1.165, 1.54) is 0 Å². The van der Waals surface area contributed by atoms with E-state index < -0.39 is 63.8 Å². The highest BCUT2D eigenvalue weighted by molar-refractivity contribution is 5.62. The van der Waals surface area contributed by atoms with Crippen molar-refractivity contribution in [3.63, 3.8) is 0 Å². The van der Waals surface area contributed by atoms with E-state index in [4.69, 9.17) is 0 Å². The van der Waals surface area contributed by atoms with Crippen molar-refractivity contribution in [2.24, 2.45) is 0 Å². The maximum atomic E-state index is 13.8. The zero-order valence-corrected chi connectivity index (χ0v) is 18.6. The number of carbonyl (C=O) groups excluding carboxylic acids is 1. The van der Waals surface area contributed by atoms with Crippen LogP contribution >= 0.6 is 0 Å². The molecular formula is C21H18F6N2O7. The first-order valence-electron chi connectivity index (χ1n) is 9.89. The van der Waals surface area contributed by atoms with Crippen molar-refractivity contribution in [1.29, 1.82) is 0 Å². The van der Waals surface area contributed by atoms with Gasteiger partial charge in [0.15, 0.2) is 0 Å². The van der Waals surface area contributed by atoms with Crippen LogP contribution in [0, 0.1) is 20.2 Å². The monoisotopic (exact) mass is 524 g/mol. The Balaban J connectivity index is 2.27. The number of non-ortho nitro benzene ring substituents is 2. The Labute approximate surface area is 198 Å². The molecule has 0 saturated carbocycles. The number of ether oxygens (including phenoxy) is 2. The van der Waals surface area contributed by atoms with Crippen molar-refractivity contribution in [1.82, 2.24) is 0 Å². The molecular weight excluding hydrogens is 506 g/mol. The van der Waals surface area contributed by atoms with Gasteiger partial charge in [0, 0.05) is 37.1 Å². The summed E-state index contributed by atoms with van der Waals surface area (Å²) in [6, 6.07) is 7.56. The third-order valence-electron chi connectivity index (χ3n) is 5.19. The summed E-state index contributed by atoms with van der Waals surface area (Å²) < 4.78 is 91.2. The molecule has 196 valence electrons. The molecule has 36 heavy (non-hydrogen) atoms. The molecule has 2 aromatic carbocycles. The quantitative estimate of drug-likeness (QED) is 0.177. The Hall–Kier alpha value is -3.91. The van der Waals surface area contributed by atoms with Gasteiger partial charge in [-0.05, 0) is 25.0 Å². The van der Waals surface area contributed by atoms with E-state index >= 15 is 0 Å². The summed E-state index contributed by atoms with van der Waals surface area (Å²) >= 11 is 0. The van der Waals surface area contributed by atoms with Crippen molar-refractivity contribution >= 4 is 17.5 Å². The van der Waals surface area contributed by atoms with Crippen molar-refractivity contribution in [2.45, 2.75) is 50.2 Å². The maximum absolute atomic E-state index is 13.8. The maximum Gasteiger partial charge on any atom is 0.510 e. The highest BCUT2D eigenvalue weighted by atomic mass is 19.4. The van der Waals surface area contributed by atoms with Gasteiger partial charge < -0.3 is 9.47 Å². The Bertz CT molecular complexity index is 1030. The van der Waals surface area contributed by atoms with Gasteiger partial charge in [-0.15, -0.1) is 0 Å². The lowest BCUT2D eigenvalue weighted by Gasteiger charge is -2.35. The van der Waals surface area contributed by atoms with Crippen molar-refractivity contribution in [3.05, 3.63) is 79.9 Å². The van der Waals surface area contributed by atoms with Crippen LogP contribution in [0.5, 0.6) is 0 Å². The van der Waals surface area contributed by atoms with Crippen LogP contribution in [0.4, 0.5) is 42.5 Å². The second-order valence-corrected chi connectivity index (χ2v) is 8.11. The SMILES string of the molecule is CC(Cc1ccc([N+](=O)[O-])cc1)(OC(=O)OC(C)(Cc1ccc([N+](=O)[O-])cc1)C(F)(F)F)C(F)(F)F. The topological polar surface area (TPSA) is 122 Å². The van der Waals surface area contributed by atoms with E-state index in [1.54, 1.807) is 0 Å². The second kappa shape index (κ2) is 9.99. The predicted molar refractivity (Wildman–Crippen MR) is 110 cm³/mol. The van der Waals surface area contributed by atoms with Gasteiger partial charge in [0.2, 0.25) is 11.2 Å². The fourth-order valence-electron chi connectivity index (χ4n) is 3.03. The summed E-state index contributed by atoms with van der Waals surface area (Å²) in [4.78, 5) is 32.1. The Morgan fingerprint density at radius 1 is 0.694 bits per heavy atom. The highest BCUT2D eigenvalue weighted by Crippen LogP contribution is 2.40. The number of hydrogen-bond acceptors (Lipinski definition) is 7. The number of hydrogen-bond donors (Lipinski definition) is 0. The van der Waals surface area contributed by atoms with E-state index in [-0.39, 0.29) is 11.1 Å². The second-order valence-electron chi connectivity index (χ2n) is 8.11. The molecule has 0 radical (unpaired) electrons. The van der Waals surface area contributed by atoms with E-state index in [1.807, 2.05) is 0 Å². The number of rotatable bonds is 8. The van der Waals surface area contributed by atoms with Crippen LogP contribution < -0.4 is 0 Å². The number of carbonyl (C=O) groups is 1. The molecule has 0 spiro atoms. The van der Waals surface area contributed by atoms with Crippen LogP contribution in [-0.2, 0) is 22.3 Å². The largest absolute Gasteiger partial charge is 0.510 e. The normalized spacial score (nSPS) is 15.3. The van der Waals surface area contributed by atoms with Gasteiger partial charge >= 0.3 is 18.5 Å². The molecule has 0 amide bonds. The third-order valence-corrected chi connectivity index (χ3v) is 5.19. The number of nitrogens with zero attached hydrogens (tertiary/aromatic N) is 2. The summed E-state index contributed by atoms with van der Waals surface area (Å²) in [5.74, 6) is 0. The van der Waals surface area contributed by atoms with E-state index in [2.05, 4.69) is 9.47 Å². The first-order valence-corrected chi connectivity index (χ1v) is 9.89. The van der Waals surface area contributed by atoms with Crippen LogP contribution in [0.25, 0.3) is 0 Å². The smallest absolute Gasteiger partial charge is 0.418 e. The van der Waals surface area contributed by atoms with Gasteiger partial charge in [-0.3, -0.25) is 20.2 Å².